The molecule has 1 aliphatic rings. The Bertz CT molecular complexity index is 413. The second kappa shape index (κ2) is 3.87. The molecular formula is C13H14ClN. The maximum absolute atomic E-state index is 9.15. The lowest BCUT2D eigenvalue weighted by Gasteiger charge is -2.35. The Balaban J connectivity index is 2.18. The summed E-state index contributed by atoms with van der Waals surface area (Å²) in [5.74, 6) is 0. The van der Waals surface area contributed by atoms with E-state index in [0.29, 0.717) is 0 Å². The molecule has 15 heavy (non-hydrogen) atoms. The zero-order chi connectivity index (χ0) is 10.9. The molecule has 0 heterocycles. The van der Waals surface area contributed by atoms with Gasteiger partial charge in [-0.1, -0.05) is 30.2 Å². The molecule has 0 atom stereocenters. The lowest BCUT2D eigenvalue weighted by molar-refractivity contribution is 0.214. The van der Waals surface area contributed by atoms with Crippen LogP contribution in [0.1, 0.15) is 30.4 Å². The minimum absolute atomic E-state index is 0.0831. The van der Waals surface area contributed by atoms with Gasteiger partial charge in [-0.15, -0.1) is 0 Å². The molecule has 0 aliphatic heterocycles. The van der Waals surface area contributed by atoms with Crippen molar-refractivity contribution in [2.75, 3.05) is 0 Å². The topological polar surface area (TPSA) is 23.8 Å². The van der Waals surface area contributed by atoms with Crippen LogP contribution in [-0.4, -0.2) is 0 Å². The van der Waals surface area contributed by atoms with E-state index >= 15 is 0 Å². The molecule has 0 saturated heterocycles. The van der Waals surface area contributed by atoms with Crippen LogP contribution in [0.15, 0.2) is 18.2 Å². The van der Waals surface area contributed by atoms with E-state index in [1.807, 2.05) is 19.1 Å². The van der Waals surface area contributed by atoms with E-state index in [0.717, 1.165) is 29.8 Å². The second-order valence-electron chi connectivity index (χ2n) is 4.51. The van der Waals surface area contributed by atoms with Gasteiger partial charge in [0.05, 0.1) is 11.5 Å². The minimum atomic E-state index is -0.0831. The zero-order valence-corrected chi connectivity index (χ0v) is 9.64. The molecule has 78 valence electrons. The Morgan fingerprint density at radius 2 is 2.20 bits per heavy atom. The summed E-state index contributed by atoms with van der Waals surface area (Å²) in [6.07, 6.45) is 4.16. The highest BCUT2D eigenvalue weighted by molar-refractivity contribution is 6.31. The molecule has 0 aromatic heterocycles. The molecule has 1 aromatic rings. The third kappa shape index (κ3) is 2.01. The van der Waals surface area contributed by atoms with E-state index in [-0.39, 0.29) is 5.41 Å². The maximum atomic E-state index is 9.15. The molecule has 0 bridgehead atoms. The SMILES string of the molecule is Cc1cc(CC2(C#N)CCC2)ccc1Cl. The smallest absolute Gasteiger partial charge is 0.0693 e. The Hall–Kier alpha value is -1.000. The van der Waals surface area contributed by atoms with Crippen molar-refractivity contribution in [3.05, 3.63) is 34.3 Å². The highest BCUT2D eigenvalue weighted by Crippen LogP contribution is 2.43. The molecule has 0 radical (unpaired) electrons. The molecule has 0 amide bonds. The molecule has 1 fully saturated rings. The standard InChI is InChI=1S/C13H14ClN/c1-10-7-11(3-4-12(10)14)8-13(9-15)5-2-6-13/h3-4,7H,2,5-6,8H2,1H3. The Kier molecular flexibility index (Phi) is 2.71. The lowest BCUT2D eigenvalue weighted by atomic mass is 9.66. The lowest BCUT2D eigenvalue weighted by Crippen LogP contribution is -2.29. The van der Waals surface area contributed by atoms with Crippen LogP contribution in [0.4, 0.5) is 0 Å². The number of rotatable bonds is 2. The molecule has 1 aliphatic carbocycles. The van der Waals surface area contributed by atoms with Gasteiger partial charge in [-0.05, 0) is 43.4 Å². The molecule has 0 spiro atoms. The summed E-state index contributed by atoms with van der Waals surface area (Å²) in [6.45, 7) is 2.01. The van der Waals surface area contributed by atoms with Crippen molar-refractivity contribution in [2.45, 2.75) is 32.6 Å². The van der Waals surface area contributed by atoms with Gasteiger partial charge in [0.2, 0.25) is 0 Å². The van der Waals surface area contributed by atoms with Gasteiger partial charge in [-0.3, -0.25) is 0 Å². The molecule has 0 N–H and O–H groups in total. The third-order valence-electron chi connectivity index (χ3n) is 3.31. The van der Waals surface area contributed by atoms with Gasteiger partial charge in [0, 0.05) is 5.02 Å². The quantitative estimate of drug-likeness (QED) is 0.741. The fraction of sp³-hybridized carbons (Fsp3) is 0.462. The molecule has 0 unspecified atom stereocenters. The first-order valence-corrected chi connectivity index (χ1v) is 5.69. The van der Waals surface area contributed by atoms with Crippen LogP contribution in [0.5, 0.6) is 0 Å². The summed E-state index contributed by atoms with van der Waals surface area (Å²) in [5, 5.41) is 9.95. The maximum Gasteiger partial charge on any atom is 0.0693 e. The van der Waals surface area contributed by atoms with Crippen molar-refractivity contribution < 1.29 is 0 Å². The summed E-state index contributed by atoms with van der Waals surface area (Å²) >= 11 is 5.97. The third-order valence-corrected chi connectivity index (χ3v) is 3.74. The van der Waals surface area contributed by atoms with E-state index < -0.39 is 0 Å². The van der Waals surface area contributed by atoms with Crippen molar-refractivity contribution in [3.8, 4) is 6.07 Å². The average molecular weight is 220 g/mol. The van der Waals surface area contributed by atoms with Crippen LogP contribution >= 0.6 is 11.6 Å². The minimum Gasteiger partial charge on any atom is -0.198 e. The highest BCUT2D eigenvalue weighted by Gasteiger charge is 2.37. The van der Waals surface area contributed by atoms with Gasteiger partial charge < -0.3 is 0 Å². The number of aryl methyl sites for hydroxylation is 1. The first-order chi connectivity index (χ1) is 7.15. The Morgan fingerprint density at radius 1 is 1.47 bits per heavy atom. The number of halogens is 1. The Morgan fingerprint density at radius 3 is 2.67 bits per heavy atom. The van der Waals surface area contributed by atoms with Crippen molar-refractivity contribution in [2.24, 2.45) is 5.41 Å². The largest absolute Gasteiger partial charge is 0.198 e. The van der Waals surface area contributed by atoms with Crippen LogP contribution in [0, 0.1) is 23.7 Å². The fourth-order valence-corrected chi connectivity index (χ4v) is 2.26. The van der Waals surface area contributed by atoms with E-state index in [9.17, 15) is 0 Å². The van der Waals surface area contributed by atoms with Crippen LogP contribution in [0.2, 0.25) is 5.02 Å². The van der Waals surface area contributed by atoms with Crippen LogP contribution < -0.4 is 0 Å². The molecule has 2 heteroatoms. The van der Waals surface area contributed by atoms with Gasteiger partial charge in [-0.2, -0.15) is 5.26 Å². The van der Waals surface area contributed by atoms with Gasteiger partial charge >= 0.3 is 0 Å². The van der Waals surface area contributed by atoms with Crippen molar-refractivity contribution >= 4 is 11.6 Å². The normalized spacial score (nSPS) is 17.9. The molecular weight excluding hydrogens is 206 g/mol. The van der Waals surface area contributed by atoms with Gasteiger partial charge in [-0.25, -0.2) is 0 Å². The highest BCUT2D eigenvalue weighted by atomic mass is 35.5. The molecule has 1 aromatic carbocycles. The number of benzene rings is 1. The number of hydrogen-bond donors (Lipinski definition) is 0. The first-order valence-electron chi connectivity index (χ1n) is 5.31. The molecule has 1 nitrogen and oxygen atoms in total. The monoisotopic (exact) mass is 219 g/mol. The van der Waals surface area contributed by atoms with E-state index in [1.165, 1.54) is 12.0 Å². The number of hydrogen-bond acceptors (Lipinski definition) is 1. The predicted octanol–water partition coefficient (Wildman–Crippen LogP) is 3.88. The summed E-state index contributed by atoms with van der Waals surface area (Å²) in [4.78, 5) is 0. The average Bonchev–Trinajstić information content (AvgIpc) is 2.17. The van der Waals surface area contributed by atoms with Crippen molar-refractivity contribution in [3.63, 3.8) is 0 Å². The van der Waals surface area contributed by atoms with Gasteiger partial charge in [0.15, 0.2) is 0 Å². The van der Waals surface area contributed by atoms with Crippen LogP contribution in [0.3, 0.4) is 0 Å². The summed E-state index contributed by atoms with van der Waals surface area (Å²) in [6, 6.07) is 8.52. The number of nitrogens with zero attached hydrogens (tertiary/aromatic N) is 1. The number of nitriles is 1. The van der Waals surface area contributed by atoms with Crippen molar-refractivity contribution in [1.29, 1.82) is 5.26 Å². The fourth-order valence-electron chi connectivity index (χ4n) is 2.14. The second-order valence-corrected chi connectivity index (χ2v) is 4.91. The van der Waals surface area contributed by atoms with E-state index in [2.05, 4.69) is 12.1 Å². The summed E-state index contributed by atoms with van der Waals surface area (Å²) < 4.78 is 0. The van der Waals surface area contributed by atoms with Crippen LogP contribution in [0.25, 0.3) is 0 Å². The summed E-state index contributed by atoms with van der Waals surface area (Å²) in [5.41, 5.74) is 2.25. The predicted molar refractivity (Wildman–Crippen MR) is 61.8 cm³/mol. The summed E-state index contributed by atoms with van der Waals surface area (Å²) in [7, 11) is 0. The van der Waals surface area contributed by atoms with Crippen molar-refractivity contribution in [1.82, 2.24) is 0 Å². The molecule has 2 rings (SSSR count). The van der Waals surface area contributed by atoms with E-state index in [1.54, 1.807) is 0 Å². The molecule has 1 saturated carbocycles. The first kappa shape index (κ1) is 10.5. The van der Waals surface area contributed by atoms with E-state index in [4.69, 9.17) is 16.9 Å². The van der Waals surface area contributed by atoms with Crippen LogP contribution in [-0.2, 0) is 6.42 Å². The zero-order valence-electron chi connectivity index (χ0n) is 8.89. The Labute approximate surface area is 95.7 Å². The van der Waals surface area contributed by atoms with Gasteiger partial charge in [0.25, 0.3) is 0 Å². The van der Waals surface area contributed by atoms with Gasteiger partial charge in [0.1, 0.15) is 0 Å².